The molecule has 1 aromatic rings. The molecule has 0 aromatic carbocycles. The van der Waals surface area contributed by atoms with Crippen LogP contribution in [-0.4, -0.2) is 37.0 Å². The molecule has 3 unspecified atom stereocenters. The van der Waals surface area contributed by atoms with Gasteiger partial charge in [0, 0.05) is 37.0 Å². The number of halogens is 1. The summed E-state index contributed by atoms with van der Waals surface area (Å²) in [7, 11) is 0. The van der Waals surface area contributed by atoms with Gasteiger partial charge in [-0.15, -0.1) is 24.0 Å². The highest BCUT2D eigenvalue weighted by Gasteiger charge is 2.31. The first kappa shape index (κ1) is 22.5. The van der Waals surface area contributed by atoms with E-state index in [9.17, 15) is 4.79 Å². The minimum Gasteiger partial charge on any atom is -0.357 e. The maximum absolute atomic E-state index is 12.4. The number of amides is 1. The van der Waals surface area contributed by atoms with Crippen molar-refractivity contribution in [3.05, 3.63) is 22.4 Å². The van der Waals surface area contributed by atoms with Gasteiger partial charge in [0.2, 0.25) is 5.91 Å². The number of hydrogen-bond donors (Lipinski definition) is 3. The summed E-state index contributed by atoms with van der Waals surface area (Å²) in [6.45, 7) is 5.92. The van der Waals surface area contributed by atoms with Gasteiger partial charge in [0.1, 0.15) is 0 Å². The van der Waals surface area contributed by atoms with Crippen LogP contribution < -0.4 is 16.0 Å². The molecule has 3 atom stereocenters. The lowest BCUT2D eigenvalue weighted by Crippen LogP contribution is -2.47. The number of guanidine groups is 1. The first-order valence-electron chi connectivity index (χ1n) is 10.0. The van der Waals surface area contributed by atoms with Crippen molar-refractivity contribution in [3.8, 4) is 0 Å². The van der Waals surface area contributed by atoms with Crippen molar-refractivity contribution in [1.29, 1.82) is 0 Å². The third-order valence-electron chi connectivity index (χ3n) is 5.29. The monoisotopic (exact) mass is 504 g/mol. The van der Waals surface area contributed by atoms with Gasteiger partial charge in [-0.3, -0.25) is 9.79 Å². The molecule has 0 bridgehead atoms. The van der Waals surface area contributed by atoms with Crippen molar-refractivity contribution >= 4 is 47.2 Å². The number of nitrogens with zero attached hydrogens (tertiary/aromatic N) is 1. The highest BCUT2D eigenvalue weighted by atomic mass is 127. The second-order valence-corrected chi connectivity index (χ2v) is 8.45. The molecule has 3 N–H and O–H groups in total. The summed E-state index contributed by atoms with van der Waals surface area (Å²) in [6.07, 6.45) is 6.44. The normalized spacial score (nSPS) is 23.9. The van der Waals surface area contributed by atoms with Crippen molar-refractivity contribution in [1.82, 2.24) is 16.0 Å². The van der Waals surface area contributed by atoms with E-state index in [1.54, 1.807) is 11.3 Å². The molecule has 0 spiro atoms. The predicted molar refractivity (Wildman–Crippen MR) is 124 cm³/mol. The number of carbonyl (C=O) groups excluding carboxylic acids is 1. The number of aliphatic imine (C=N–C) groups is 1. The molecule has 3 rings (SSSR count). The van der Waals surface area contributed by atoms with E-state index >= 15 is 0 Å². The maximum Gasteiger partial charge on any atom is 0.223 e. The van der Waals surface area contributed by atoms with Gasteiger partial charge in [0.25, 0.3) is 0 Å². The van der Waals surface area contributed by atoms with E-state index in [0.29, 0.717) is 18.0 Å². The van der Waals surface area contributed by atoms with E-state index in [0.717, 1.165) is 57.6 Å². The molecule has 2 aliphatic rings. The number of hydrogen-bond acceptors (Lipinski definition) is 3. The SMILES string of the molecule is CCNC(=NCC(C)c1ccsc1)NC1CCCC(C(=O)NC2CC2)C1.I. The van der Waals surface area contributed by atoms with Gasteiger partial charge in [-0.25, -0.2) is 0 Å². The standard InChI is InChI=1S/C20H32N4OS.HI/c1-3-21-20(22-12-14(2)16-9-10-26-13-16)24-18-6-4-5-15(11-18)19(25)23-17-7-8-17;/h9-10,13-15,17-18H,3-8,11-12H2,1-2H3,(H,23,25)(H2,21,22,24);1H. The Labute approximate surface area is 184 Å². The van der Waals surface area contributed by atoms with E-state index < -0.39 is 0 Å². The minimum atomic E-state index is 0. The Balaban J connectivity index is 0.00000261. The van der Waals surface area contributed by atoms with Crippen LogP contribution in [0.3, 0.4) is 0 Å². The lowest BCUT2D eigenvalue weighted by Gasteiger charge is -2.30. The third-order valence-corrected chi connectivity index (χ3v) is 5.99. The second-order valence-electron chi connectivity index (χ2n) is 7.67. The number of rotatable bonds is 7. The van der Waals surface area contributed by atoms with Gasteiger partial charge in [-0.05, 0) is 61.4 Å². The zero-order valence-electron chi connectivity index (χ0n) is 16.4. The molecule has 0 saturated heterocycles. The maximum atomic E-state index is 12.4. The Bertz CT molecular complexity index is 603. The summed E-state index contributed by atoms with van der Waals surface area (Å²) < 4.78 is 0. The van der Waals surface area contributed by atoms with Crippen LogP contribution in [0.1, 0.15) is 63.9 Å². The highest BCUT2D eigenvalue weighted by molar-refractivity contribution is 14.0. The van der Waals surface area contributed by atoms with Crippen LogP contribution in [-0.2, 0) is 4.79 Å². The Hall–Kier alpha value is -0.830. The van der Waals surface area contributed by atoms with Crippen LogP contribution in [0.2, 0.25) is 0 Å². The number of carbonyl (C=O) groups is 1. The number of nitrogens with one attached hydrogen (secondary N) is 3. The molecule has 5 nitrogen and oxygen atoms in total. The fraction of sp³-hybridized carbons (Fsp3) is 0.700. The van der Waals surface area contributed by atoms with E-state index in [-0.39, 0.29) is 35.8 Å². The molecular formula is C20H33IN4OS. The summed E-state index contributed by atoms with van der Waals surface area (Å²) >= 11 is 1.73. The Morgan fingerprint density at radius 3 is 2.74 bits per heavy atom. The van der Waals surface area contributed by atoms with Crippen LogP contribution in [0.5, 0.6) is 0 Å². The van der Waals surface area contributed by atoms with Gasteiger partial charge < -0.3 is 16.0 Å². The molecule has 2 fully saturated rings. The van der Waals surface area contributed by atoms with Crippen molar-refractivity contribution < 1.29 is 4.79 Å². The molecule has 2 saturated carbocycles. The van der Waals surface area contributed by atoms with Gasteiger partial charge in [0.15, 0.2) is 5.96 Å². The number of thiophene rings is 1. The summed E-state index contributed by atoms with van der Waals surface area (Å²) in [5.41, 5.74) is 1.35. The van der Waals surface area contributed by atoms with Crippen molar-refractivity contribution in [2.45, 2.75) is 70.4 Å². The zero-order chi connectivity index (χ0) is 18.4. The Morgan fingerprint density at radius 2 is 2.07 bits per heavy atom. The zero-order valence-corrected chi connectivity index (χ0v) is 19.5. The molecule has 1 heterocycles. The molecule has 0 radical (unpaired) electrons. The summed E-state index contributed by atoms with van der Waals surface area (Å²) in [6, 6.07) is 2.95. The molecule has 7 heteroatoms. The van der Waals surface area contributed by atoms with E-state index in [2.05, 4.69) is 46.6 Å². The Kier molecular flexibility index (Phi) is 9.35. The summed E-state index contributed by atoms with van der Waals surface area (Å²) in [5, 5.41) is 14.4. The van der Waals surface area contributed by atoms with Crippen molar-refractivity contribution in [2.24, 2.45) is 10.9 Å². The predicted octanol–water partition coefficient (Wildman–Crippen LogP) is 3.86. The largest absolute Gasteiger partial charge is 0.357 e. The minimum absolute atomic E-state index is 0. The van der Waals surface area contributed by atoms with Gasteiger partial charge >= 0.3 is 0 Å². The molecule has 0 aliphatic heterocycles. The van der Waals surface area contributed by atoms with Crippen LogP contribution in [0.4, 0.5) is 0 Å². The molecule has 2 aliphatic carbocycles. The Morgan fingerprint density at radius 1 is 1.26 bits per heavy atom. The van der Waals surface area contributed by atoms with Gasteiger partial charge in [-0.2, -0.15) is 11.3 Å². The summed E-state index contributed by atoms with van der Waals surface area (Å²) in [5.74, 6) is 1.70. The molecule has 152 valence electrons. The molecule has 1 aromatic heterocycles. The van der Waals surface area contributed by atoms with Crippen molar-refractivity contribution in [3.63, 3.8) is 0 Å². The van der Waals surface area contributed by atoms with Crippen LogP contribution >= 0.6 is 35.3 Å². The van der Waals surface area contributed by atoms with Crippen LogP contribution in [0.15, 0.2) is 21.8 Å². The fourth-order valence-corrected chi connectivity index (χ4v) is 4.29. The smallest absolute Gasteiger partial charge is 0.223 e. The molecule has 1 amide bonds. The molecule has 27 heavy (non-hydrogen) atoms. The second kappa shape index (κ2) is 11.2. The molecular weight excluding hydrogens is 471 g/mol. The lowest BCUT2D eigenvalue weighted by atomic mass is 9.85. The fourth-order valence-electron chi connectivity index (χ4n) is 3.51. The van der Waals surface area contributed by atoms with E-state index in [1.165, 1.54) is 5.56 Å². The first-order valence-corrected chi connectivity index (χ1v) is 11.0. The van der Waals surface area contributed by atoms with Crippen molar-refractivity contribution in [2.75, 3.05) is 13.1 Å². The first-order chi connectivity index (χ1) is 12.7. The van der Waals surface area contributed by atoms with Gasteiger partial charge in [-0.1, -0.05) is 13.3 Å². The average Bonchev–Trinajstić information content (AvgIpc) is 3.28. The summed E-state index contributed by atoms with van der Waals surface area (Å²) in [4.78, 5) is 17.2. The topological polar surface area (TPSA) is 65.5 Å². The third kappa shape index (κ3) is 7.25. The quantitative estimate of drug-likeness (QED) is 0.300. The van der Waals surface area contributed by atoms with Crippen LogP contribution in [0.25, 0.3) is 0 Å². The van der Waals surface area contributed by atoms with Crippen LogP contribution in [0, 0.1) is 5.92 Å². The van der Waals surface area contributed by atoms with Gasteiger partial charge in [0.05, 0.1) is 0 Å². The van der Waals surface area contributed by atoms with E-state index in [1.807, 2.05) is 0 Å². The van der Waals surface area contributed by atoms with E-state index in [4.69, 9.17) is 4.99 Å². The highest BCUT2D eigenvalue weighted by Crippen LogP contribution is 2.27. The lowest BCUT2D eigenvalue weighted by molar-refractivity contribution is -0.126. The average molecular weight is 504 g/mol.